The number of nitrogens with zero attached hydrogens (tertiary/aromatic N) is 5. The average Bonchev–Trinajstić information content (AvgIpc) is 3.55. The number of fused-ring (bicyclic) bond motifs is 3. The van der Waals surface area contributed by atoms with Crippen molar-refractivity contribution in [2.75, 3.05) is 20.3 Å². The number of esters is 1. The largest absolute Gasteiger partial charge is 0.465 e. The molecule has 0 spiro atoms. The first kappa shape index (κ1) is 24.1. The minimum atomic E-state index is -0.443. The Balaban J connectivity index is 1.69. The van der Waals surface area contributed by atoms with Crippen LogP contribution in [0, 0.1) is 12.8 Å². The molecule has 0 radical (unpaired) electrons. The quantitative estimate of drug-likeness (QED) is 0.264. The van der Waals surface area contributed by atoms with Crippen molar-refractivity contribution in [2.24, 2.45) is 13.0 Å². The predicted molar refractivity (Wildman–Crippen MR) is 144 cm³/mol. The lowest BCUT2D eigenvalue weighted by molar-refractivity contribution is 0.0553. The second kappa shape index (κ2) is 9.55. The standard InChI is InChI=1S/C27H26ClN5O3S/c1-15-22(32(2)31-30-15)18-13-19-21(29-14-18)26-24(20(28)25(37-26)27(34)35-3)33(19)23(16-7-5-4-6-8-16)17-9-11-36-12-10-17/h4-8,13-14,17,23H,9-12H2,1-3H3. The molecular formula is C27H26ClN5O3S. The van der Waals surface area contributed by atoms with Gasteiger partial charge in [-0.2, -0.15) is 0 Å². The van der Waals surface area contributed by atoms with Gasteiger partial charge in [-0.3, -0.25) is 4.98 Å². The zero-order chi connectivity index (χ0) is 25.7. The van der Waals surface area contributed by atoms with Gasteiger partial charge >= 0.3 is 5.97 Å². The van der Waals surface area contributed by atoms with E-state index < -0.39 is 5.97 Å². The molecule has 1 fully saturated rings. The molecule has 1 unspecified atom stereocenters. The SMILES string of the molecule is COC(=O)c1sc2c3ncc(-c4c(C)nnn4C)cc3n(C(c3ccccc3)C3CCOCC3)c2c1Cl. The van der Waals surface area contributed by atoms with E-state index in [4.69, 9.17) is 26.1 Å². The lowest BCUT2D eigenvalue weighted by atomic mass is 9.86. The number of ether oxygens (including phenoxy) is 2. The van der Waals surface area contributed by atoms with E-state index in [1.807, 2.05) is 26.2 Å². The summed E-state index contributed by atoms with van der Waals surface area (Å²) in [5.74, 6) is -0.127. The molecule has 10 heteroatoms. The summed E-state index contributed by atoms with van der Waals surface area (Å²) >= 11 is 8.31. The van der Waals surface area contributed by atoms with E-state index >= 15 is 0 Å². The second-order valence-electron chi connectivity index (χ2n) is 9.33. The summed E-state index contributed by atoms with van der Waals surface area (Å²) in [7, 11) is 3.25. The van der Waals surface area contributed by atoms with Crippen LogP contribution in [0.4, 0.5) is 0 Å². The van der Waals surface area contributed by atoms with Gasteiger partial charge in [-0.05, 0) is 37.3 Å². The van der Waals surface area contributed by atoms with Gasteiger partial charge in [0.05, 0.1) is 45.3 Å². The van der Waals surface area contributed by atoms with Gasteiger partial charge in [0.1, 0.15) is 10.4 Å². The second-order valence-corrected chi connectivity index (χ2v) is 10.7. The number of aryl methyl sites for hydroxylation is 2. The first-order valence-corrected chi connectivity index (χ1v) is 13.4. The molecule has 0 saturated carbocycles. The number of hydrogen-bond acceptors (Lipinski definition) is 7. The summed E-state index contributed by atoms with van der Waals surface area (Å²) in [4.78, 5) is 17.9. The number of carbonyl (C=O) groups excluding carboxylic acids is 1. The minimum Gasteiger partial charge on any atom is -0.465 e. The molecular weight excluding hydrogens is 510 g/mol. The van der Waals surface area contributed by atoms with Crippen molar-refractivity contribution in [1.29, 1.82) is 0 Å². The van der Waals surface area contributed by atoms with E-state index in [-0.39, 0.29) is 6.04 Å². The highest BCUT2D eigenvalue weighted by molar-refractivity contribution is 7.22. The van der Waals surface area contributed by atoms with Gasteiger partial charge in [0.25, 0.3) is 0 Å². The number of thiophene rings is 1. The molecule has 4 aromatic heterocycles. The smallest absolute Gasteiger partial charge is 0.349 e. The lowest BCUT2D eigenvalue weighted by Gasteiger charge is -2.33. The Morgan fingerprint density at radius 3 is 2.68 bits per heavy atom. The van der Waals surface area contributed by atoms with Crippen molar-refractivity contribution in [3.05, 3.63) is 63.8 Å². The fourth-order valence-electron chi connectivity index (χ4n) is 5.52. The van der Waals surface area contributed by atoms with Gasteiger partial charge < -0.3 is 14.0 Å². The molecule has 1 atom stereocenters. The third kappa shape index (κ3) is 3.93. The van der Waals surface area contributed by atoms with Crippen molar-refractivity contribution >= 4 is 50.2 Å². The van der Waals surface area contributed by atoms with Crippen LogP contribution in [-0.4, -0.2) is 50.8 Å². The highest BCUT2D eigenvalue weighted by atomic mass is 35.5. The Labute approximate surface area is 222 Å². The Morgan fingerprint density at radius 2 is 2.00 bits per heavy atom. The zero-order valence-corrected chi connectivity index (χ0v) is 22.3. The molecule has 5 heterocycles. The predicted octanol–water partition coefficient (Wildman–Crippen LogP) is 5.81. The average molecular weight is 536 g/mol. The highest BCUT2D eigenvalue weighted by Crippen LogP contribution is 2.47. The van der Waals surface area contributed by atoms with E-state index in [1.165, 1.54) is 24.0 Å². The molecule has 8 nitrogen and oxygen atoms in total. The van der Waals surface area contributed by atoms with Gasteiger partial charge in [0.15, 0.2) is 0 Å². The van der Waals surface area contributed by atoms with E-state index in [2.05, 4.69) is 45.2 Å². The molecule has 37 heavy (non-hydrogen) atoms. The Bertz CT molecular complexity index is 1600. The van der Waals surface area contributed by atoms with Crippen LogP contribution in [0.25, 0.3) is 32.5 Å². The summed E-state index contributed by atoms with van der Waals surface area (Å²) in [5, 5.41) is 8.82. The zero-order valence-electron chi connectivity index (χ0n) is 20.8. The summed E-state index contributed by atoms with van der Waals surface area (Å²) in [6, 6.07) is 12.6. The maximum Gasteiger partial charge on any atom is 0.349 e. The molecule has 5 aromatic rings. The summed E-state index contributed by atoms with van der Waals surface area (Å²) in [5.41, 5.74) is 6.42. The lowest BCUT2D eigenvalue weighted by Crippen LogP contribution is -2.27. The molecule has 1 aromatic carbocycles. The molecule has 0 aliphatic carbocycles. The topological polar surface area (TPSA) is 84.1 Å². The summed E-state index contributed by atoms with van der Waals surface area (Å²) < 4.78 is 15.7. The molecule has 0 N–H and O–H groups in total. The molecule has 1 aliphatic rings. The maximum atomic E-state index is 12.6. The van der Waals surface area contributed by atoms with Crippen LogP contribution in [0.15, 0.2) is 42.6 Å². The number of halogens is 1. The number of benzene rings is 1. The maximum absolute atomic E-state index is 12.6. The third-order valence-electron chi connectivity index (χ3n) is 7.18. The monoisotopic (exact) mass is 535 g/mol. The number of rotatable bonds is 5. The van der Waals surface area contributed by atoms with E-state index in [0.717, 1.165) is 51.0 Å². The Hall–Kier alpha value is -3.27. The van der Waals surface area contributed by atoms with Crippen LogP contribution in [0.3, 0.4) is 0 Å². The van der Waals surface area contributed by atoms with Crippen molar-refractivity contribution in [2.45, 2.75) is 25.8 Å². The fraction of sp³-hybridized carbons (Fsp3) is 0.333. The molecule has 1 aliphatic heterocycles. The van der Waals surface area contributed by atoms with Crippen LogP contribution in [0.2, 0.25) is 5.02 Å². The van der Waals surface area contributed by atoms with Crippen molar-refractivity contribution < 1.29 is 14.3 Å². The van der Waals surface area contributed by atoms with Crippen molar-refractivity contribution in [3.8, 4) is 11.3 Å². The molecule has 1 saturated heterocycles. The molecule has 190 valence electrons. The van der Waals surface area contributed by atoms with Crippen molar-refractivity contribution in [3.63, 3.8) is 0 Å². The van der Waals surface area contributed by atoms with Crippen LogP contribution in [0.1, 0.15) is 39.8 Å². The Kier molecular flexibility index (Phi) is 6.22. The van der Waals surface area contributed by atoms with E-state index in [9.17, 15) is 4.79 Å². The van der Waals surface area contributed by atoms with Crippen LogP contribution >= 0.6 is 22.9 Å². The third-order valence-corrected chi connectivity index (χ3v) is 8.83. The number of carbonyl (C=O) groups is 1. The van der Waals surface area contributed by atoms with E-state index in [0.29, 0.717) is 29.0 Å². The first-order chi connectivity index (χ1) is 18.0. The van der Waals surface area contributed by atoms with Gasteiger partial charge in [-0.1, -0.05) is 47.1 Å². The summed E-state index contributed by atoms with van der Waals surface area (Å²) in [6.07, 6.45) is 3.68. The van der Waals surface area contributed by atoms with Gasteiger partial charge in [0, 0.05) is 32.0 Å². The molecule has 0 bridgehead atoms. The number of hydrogen-bond donors (Lipinski definition) is 0. The van der Waals surface area contributed by atoms with Crippen LogP contribution in [0.5, 0.6) is 0 Å². The number of methoxy groups -OCH3 is 1. The van der Waals surface area contributed by atoms with Crippen LogP contribution in [-0.2, 0) is 16.5 Å². The minimum absolute atomic E-state index is 0.0227. The van der Waals surface area contributed by atoms with Crippen LogP contribution < -0.4 is 0 Å². The van der Waals surface area contributed by atoms with Gasteiger partial charge in [-0.15, -0.1) is 16.4 Å². The molecule has 6 rings (SSSR count). The normalized spacial score (nSPS) is 15.5. The van der Waals surface area contributed by atoms with Gasteiger partial charge in [-0.25, -0.2) is 9.48 Å². The van der Waals surface area contributed by atoms with Gasteiger partial charge in [0.2, 0.25) is 0 Å². The molecule has 0 amide bonds. The Morgan fingerprint density at radius 1 is 1.24 bits per heavy atom. The van der Waals surface area contributed by atoms with E-state index in [1.54, 1.807) is 4.68 Å². The number of pyridine rings is 1. The number of aromatic nitrogens is 5. The van der Waals surface area contributed by atoms with Crippen molar-refractivity contribution in [1.82, 2.24) is 24.5 Å². The summed E-state index contributed by atoms with van der Waals surface area (Å²) in [6.45, 7) is 3.37. The highest BCUT2D eigenvalue weighted by Gasteiger charge is 2.33. The first-order valence-electron chi connectivity index (χ1n) is 12.2. The fourth-order valence-corrected chi connectivity index (χ4v) is 7.07.